The van der Waals surface area contributed by atoms with Crippen molar-refractivity contribution in [2.75, 3.05) is 11.5 Å². The molecule has 0 N–H and O–H groups in total. The fourth-order valence-corrected chi connectivity index (χ4v) is 2.96. The summed E-state index contributed by atoms with van der Waals surface area (Å²) in [4.78, 5) is 37.6. The van der Waals surface area contributed by atoms with E-state index in [1.807, 2.05) is 24.3 Å². The number of benzene rings is 1. The van der Waals surface area contributed by atoms with Gasteiger partial charge in [-0.25, -0.2) is 0 Å². The van der Waals surface area contributed by atoms with Crippen LogP contribution in [-0.4, -0.2) is 30.3 Å². The van der Waals surface area contributed by atoms with Crippen LogP contribution in [0.25, 0.3) is 0 Å². The number of nitrogens with zero attached hydrogens (tertiary/aromatic N) is 1. The van der Waals surface area contributed by atoms with Crippen molar-refractivity contribution in [1.82, 2.24) is 0 Å². The molecule has 0 saturated heterocycles. The van der Waals surface area contributed by atoms with Crippen LogP contribution >= 0.6 is 0 Å². The summed E-state index contributed by atoms with van der Waals surface area (Å²) in [6, 6.07) is 7.50. The summed E-state index contributed by atoms with van der Waals surface area (Å²) in [5.74, 6) is -1.14. The second-order valence-electron chi connectivity index (χ2n) is 5.62. The van der Waals surface area contributed by atoms with Crippen LogP contribution in [0.1, 0.15) is 45.1 Å². The highest BCUT2D eigenvalue weighted by molar-refractivity contribution is 6.41. The van der Waals surface area contributed by atoms with Crippen LogP contribution in [0.2, 0.25) is 0 Å². The van der Waals surface area contributed by atoms with E-state index in [-0.39, 0.29) is 24.9 Å². The van der Waals surface area contributed by atoms with Gasteiger partial charge in [0.1, 0.15) is 0 Å². The molecule has 1 aromatic rings. The van der Waals surface area contributed by atoms with E-state index in [2.05, 4.69) is 0 Å². The first kappa shape index (κ1) is 17.2. The van der Waals surface area contributed by atoms with Crippen molar-refractivity contribution in [3.8, 4) is 0 Å². The van der Waals surface area contributed by atoms with E-state index in [1.165, 1.54) is 0 Å². The number of hydrogen-bond acceptors (Lipinski definition) is 4. The van der Waals surface area contributed by atoms with Crippen LogP contribution < -0.4 is 4.90 Å². The first-order chi connectivity index (χ1) is 11.1. The number of rotatable bonds is 6. The number of esters is 1. The van der Waals surface area contributed by atoms with Gasteiger partial charge in [0.15, 0.2) is 0 Å². The standard InChI is InChI=1S/C18H23NO4/c1-3-16(20)18(22)19-14(11-12-17(21)23-4-2)10-9-13-7-5-6-8-15(13)19/h5-8,14H,3-4,9-12H2,1-2H3. The van der Waals surface area contributed by atoms with Crippen molar-refractivity contribution in [3.05, 3.63) is 29.8 Å². The minimum atomic E-state index is -0.478. The number of aryl methyl sites for hydroxylation is 1. The van der Waals surface area contributed by atoms with Gasteiger partial charge in [0, 0.05) is 24.6 Å². The summed E-state index contributed by atoms with van der Waals surface area (Å²) in [7, 11) is 0. The van der Waals surface area contributed by atoms with Gasteiger partial charge in [-0.3, -0.25) is 14.4 Å². The highest BCUT2D eigenvalue weighted by atomic mass is 16.5. The van der Waals surface area contributed by atoms with Crippen LogP contribution in [0.5, 0.6) is 0 Å². The molecule has 0 spiro atoms. The molecule has 0 aliphatic carbocycles. The second-order valence-corrected chi connectivity index (χ2v) is 5.62. The largest absolute Gasteiger partial charge is 0.466 e. The van der Waals surface area contributed by atoms with Crippen molar-refractivity contribution in [3.63, 3.8) is 0 Å². The molecular weight excluding hydrogens is 294 g/mol. The summed E-state index contributed by atoms with van der Waals surface area (Å²) in [5.41, 5.74) is 1.86. The van der Waals surface area contributed by atoms with Crippen LogP contribution in [0, 0.1) is 0 Å². The lowest BCUT2D eigenvalue weighted by Gasteiger charge is -2.36. The van der Waals surface area contributed by atoms with E-state index in [9.17, 15) is 14.4 Å². The van der Waals surface area contributed by atoms with Gasteiger partial charge >= 0.3 is 5.97 Å². The maximum Gasteiger partial charge on any atom is 0.305 e. The maximum atomic E-state index is 12.5. The number of fused-ring (bicyclic) bond motifs is 1. The smallest absolute Gasteiger partial charge is 0.305 e. The zero-order valence-corrected chi connectivity index (χ0v) is 13.7. The van der Waals surface area contributed by atoms with E-state index < -0.39 is 11.7 Å². The highest BCUT2D eigenvalue weighted by Crippen LogP contribution is 2.32. The molecule has 1 atom stereocenters. The number of ketones is 1. The molecule has 5 nitrogen and oxygen atoms in total. The third-order valence-electron chi connectivity index (χ3n) is 4.13. The molecule has 2 rings (SSSR count). The van der Waals surface area contributed by atoms with Gasteiger partial charge in [0.2, 0.25) is 5.78 Å². The Bertz CT molecular complexity index is 596. The molecule has 1 aliphatic rings. The first-order valence-corrected chi connectivity index (χ1v) is 8.18. The Kier molecular flexibility index (Phi) is 5.90. The molecule has 1 heterocycles. The molecule has 23 heavy (non-hydrogen) atoms. The summed E-state index contributed by atoms with van der Waals surface area (Å²) >= 11 is 0. The fourth-order valence-electron chi connectivity index (χ4n) is 2.96. The van der Waals surface area contributed by atoms with Gasteiger partial charge in [-0.15, -0.1) is 0 Å². The monoisotopic (exact) mass is 317 g/mol. The number of carbonyl (C=O) groups is 3. The van der Waals surface area contributed by atoms with E-state index in [1.54, 1.807) is 18.7 Å². The van der Waals surface area contributed by atoms with Crippen LogP contribution in [-0.2, 0) is 25.5 Å². The predicted molar refractivity (Wildman–Crippen MR) is 87.2 cm³/mol. The molecule has 0 aromatic heterocycles. The highest BCUT2D eigenvalue weighted by Gasteiger charge is 2.33. The van der Waals surface area contributed by atoms with Crippen LogP contribution in [0.4, 0.5) is 5.69 Å². The lowest BCUT2D eigenvalue weighted by molar-refractivity contribution is -0.143. The average Bonchev–Trinajstić information content (AvgIpc) is 2.58. The minimum absolute atomic E-state index is 0.141. The Morgan fingerprint density at radius 1 is 1.22 bits per heavy atom. The summed E-state index contributed by atoms with van der Waals surface area (Å²) in [6.45, 7) is 3.80. The third kappa shape index (κ3) is 3.97. The molecule has 0 fully saturated rings. The Balaban J connectivity index is 2.22. The van der Waals surface area contributed by atoms with Crippen molar-refractivity contribution in [1.29, 1.82) is 0 Å². The zero-order chi connectivity index (χ0) is 16.8. The number of anilines is 1. The van der Waals surface area contributed by atoms with Crippen molar-refractivity contribution >= 4 is 23.3 Å². The van der Waals surface area contributed by atoms with Crippen LogP contribution in [0.3, 0.4) is 0 Å². The SMILES string of the molecule is CCOC(=O)CCC1CCc2ccccc2N1C(=O)C(=O)CC. The number of amides is 1. The molecule has 1 aliphatic heterocycles. The Morgan fingerprint density at radius 2 is 1.96 bits per heavy atom. The molecule has 0 saturated carbocycles. The Morgan fingerprint density at radius 3 is 2.65 bits per heavy atom. The van der Waals surface area contributed by atoms with Gasteiger partial charge in [0.25, 0.3) is 5.91 Å². The van der Waals surface area contributed by atoms with Gasteiger partial charge in [-0.1, -0.05) is 25.1 Å². The topological polar surface area (TPSA) is 63.7 Å². The molecule has 1 amide bonds. The maximum absolute atomic E-state index is 12.5. The van der Waals surface area contributed by atoms with E-state index in [0.29, 0.717) is 13.0 Å². The molecule has 0 bridgehead atoms. The zero-order valence-electron chi connectivity index (χ0n) is 13.7. The first-order valence-electron chi connectivity index (χ1n) is 8.18. The van der Waals surface area contributed by atoms with Gasteiger partial charge < -0.3 is 9.64 Å². The second kappa shape index (κ2) is 7.90. The molecule has 1 unspecified atom stereocenters. The lowest BCUT2D eigenvalue weighted by atomic mass is 9.92. The molecule has 5 heteroatoms. The van der Waals surface area contributed by atoms with Crippen molar-refractivity contribution in [2.24, 2.45) is 0 Å². The summed E-state index contributed by atoms with van der Waals surface area (Å²) < 4.78 is 4.96. The number of Topliss-reactive ketones (excluding diaryl/α,β-unsaturated/α-hetero) is 1. The average molecular weight is 317 g/mol. The van der Waals surface area contributed by atoms with E-state index in [4.69, 9.17) is 4.74 Å². The van der Waals surface area contributed by atoms with Gasteiger partial charge in [0.05, 0.1) is 6.61 Å². The molecule has 0 radical (unpaired) electrons. The predicted octanol–water partition coefficient (Wildman–Crippen LogP) is 2.66. The van der Waals surface area contributed by atoms with E-state index >= 15 is 0 Å². The number of hydrogen-bond donors (Lipinski definition) is 0. The summed E-state index contributed by atoms with van der Waals surface area (Å²) in [5, 5.41) is 0. The fraction of sp³-hybridized carbons (Fsp3) is 0.500. The number of para-hydroxylation sites is 1. The molecule has 1 aromatic carbocycles. The molecule has 124 valence electrons. The number of carbonyl (C=O) groups excluding carboxylic acids is 3. The van der Waals surface area contributed by atoms with Crippen LogP contribution in [0.15, 0.2) is 24.3 Å². The minimum Gasteiger partial charge on any atom is -0.466 e. The van der Waals surface area contributed by atoms with Gasteiger partial charge in [-0.2, -0.15) is 0 Å². The lowest BCUT2D eigenvalue weighted by Crippen LogP contribution is -2.47. The molecular formula is C18H23NO4. The Hall–Kier alpha value is -2.17. The number of ether oxygens (including phenoxy) is 1. The quantitative estimate of drug-likeness (QED) is 0.598. The Labute approximate surface area is 136 Å². The van der Waals surface area contributed by atoms with E-state index in [0.717, 1.165) is 24.1 Å². The third-order valence-corrected chi connectivity index (χ3v) is 4.13. The van der Waals surface area contributed by atoms with Crippen molar-refractivity contribution < 1.29 is 19.1 Å². The van der Waals surface area contributed by atoms with Crippen molar-refractivity contribution in [2.45, 2.75) is 52.0 Å². The summed E-state index contributed by atoms with van der Waals surface area (Å²) in [6.07, 6.45) is 2.54. The van der Waals surface area contributed by atoms with Gasteiger partial charge in [-0.05, 0) is 37.8 Å². The normalized spacial score (nSPS) is 16.6.